The summed E-state index contributed by atoms with van der Waals surface area (Å²) in [6.07, 6.45) is 0.848. The highest BCUT2D eigenvalue weighted by Gasteiger charge is 2.34. The lowest BCUT2D eigenvalue weighted by molar-refractivity contribution is 0.0690. The first-order valence-corrected chi connectivity index (χ1v) is 8.19. The van der Waals surface area contributed by atoms with E-state index in [0.717, 1.165) is 0 Å². The van der Waals surface area contributed by atoms with Crippen molar-refractivity contribution in [2.45, 2.75) is 51.0 Å². The minimum absolute atomic E-state index is 0.0698. The Kier molecular flexibility index (Phi) is 5.19. The number of sulfonamides is 1. The van der Waals surface area contributed by atoms with Crippen molar-refractivity contribution < 1.29 is 23.4 Å². The molecule has 1 aromatic heterocycles. The molecule has 0 amide bonds. The van der Waals surface area contributed by atoms with E-state index in [0.29, 0.717) is 12.8 Å². The number of H-pyrrole nitrogens is 1. The van der Waals surface area contributed by atoms with Gasteiger partial charge in [-0.15, -0.1) is 0 Å². The molecular formula is C13H22N2O5S. The Balaban J connectivity index is 3.36. The Morgan fingerprint density at radius 3 is 2.14 bits per heavy atom. The van der Waals surface area contributed by atoms with Crippen molar-refractivity contribution in [3.63, 3.8) is 0 Å². The number of aromatic carboxylic acids is 1. The van der Waals surface area contributed by atoms with Gasteiger partial charge in [0.05, 0.1) is 12.1 Å². The molecule has 0 spiro atoms. The summed E-state index contributed by atoms with van der Waals surface area (Å²) >= 11 is 0. The molecule has 0 unspecified atom stereocenters. The van der Waals surface area contributed by atoms with E-state index >= 15 is 0 Å². The highest BCUT2D eigenvalue weighted by atomic mass is 32.2. The summed E-state index contributed by atoms with van der Waals surface area (Å²) < 4.78 is 27.6. The Morgan fingerprint density at radius 1 is 1.29 bits per heavy atom. The van der Waals surface area contributed by atoms with Crippen molar-refractivity contribution in [1.29, 1.82) is 0 Å². The summed E-state index contributed by atoms with van der Waals surface area (Å²) in [4.78, 5) is 13.6. The van der Waals surface area contributed by atoms with Crippen LogP contribution in [0.3, 0.4) is 0 Å². The lowest BCUT2D eigenvalue weighted by Gasteiger charge is -2.30. The summed E-state index contributed by atoms with van der Waals surface area (Å²) in [6.45, 7) is 6.18. The Labute approximate surface area is 124 Å². The summed E-state index contributed by atoms with van der Waals surface area (Å²) in [5.41, 5.74) is -0.670. The van der Waals surface area contributed by atoms with Gasteiger partial charge >= 0.3 is 5.97 Å². The quantitative estimate of drug-likeness (QED) is 0.601. The van der Waals surface area contributed by atoms with Gasteiger partial charge in [0.2, 0.25) is 10.0 Å². The molecule has 0 radical (unpaired) electrons. The van der Waals surface area contributed by atoms with Crippen molar-refractivity contribution in [1.82, 2.24) is 9.71 Å². The van der Waals surface area contributed by atoms with E-state index in [-0.39, 0.29) is 28.5 Å². The number of carboxylic acid groups (broad SMARTS) is 1. The van der Waals surface area contributed by atoms with Crippen molar-refractivity contribution in [3.8, 4) is 0 Å². The molecule has 1 rings (SSSR count). The van der Waals surface area contributed by atoms with Gasteiger partial charge in [-0.25, -0.2) is 17.9 Å². The third-order valence-corrected chi connectivity index (χ3v) is 5.71. The SMILES string of the molecule is CCC(CC)(CO)NS(=O)(=O)c1c(C)[nH]c(C(=O)O)c1C. The number of carboxylic acids is 1. The molecule has 0 aliphatic heterocycles. The highest BCUT2D eigenvalue weighted by Crippen LogP contribution is 2.26. The lowest BCUT2D eigenvalue weighted by Crippen LogP contribution is -2.50. The zero-order chi connectivity index (χ0) is 16.4. The predicted octanol–water partition coefficient (Wildman–Crippen LogP) is 1.16. The molecule has 1 aromatic rings. The second-order valence-electron chi connectivity index (χ2n) is 5.14. The Bertz CT molecular complexity index is 621. The van der Waals surface area contributed by atoms with Crippen LogP contribution < -0.4 is 4.72 Å². The molecule has 0 fully saturated rings. The highest BCUT2D eigenvalue weighted by molar-refractivity contribution is 7.89. The number of aromatic amines is 1. The zero-order valence-electron chi connectivity index (χ0n) is 12.6. The maximum atomic E-state index is 12.6. The number of nitrogens with one attached hydrogen (secondary N) is 2. The first-order chi connectivity index (χ1) is 9.64. The summed E-state index contributed by atoms with van der Waals surface area (Å²) in [6, 6.07) is 0. The minimum Gasteiger partial charge on any atom is -0.477 e. The van der Waals surface area contributed by atoms with Crippen LogP contribution in [0.25, 0.3) is 0 Å². The summed E-state index contributed by atoms with van der Waals surface area (Å²) in [5.74, 6) is -1.21. The van der Waals surface area contributed by atoms with Crippen LogP contribution in [0.4, 0.5) is 0 Å². The normalized spacial score (nSPS) is 12.6. The fraction of sp³-hybridized carbons (Fsp3) is 0.615. The predicted molar refractivity (Wildman–Crippen MR) is 77.9 cm³/mol. The van der Waals surface area contributed by atoms with Crippen LogP contribution in [0.15, 0.2) is 4.90 Å². The second kappa shape index (κ2) is 6.17. The molecule has 7 nitrogen and oxygen atoms in total. The van der Waals surface area contributed by atoms with E-state index in [1.54, 1.807) is 13.8 Å². The number of aryl methyl sites for hydroxylation is 1. The molecular weight excluding hydrogens is 296 g/mol. The Hall–Kier alpha value is -1.38. The molecule has 0 saturated carbocycles. The molecule has 0 aliphatic carbocycles. The number of hydrogen-bond donors (Lipinski definition) is 4. The first-order valence-electron chi connectivity index (χ1n) is 6.71. The van der Waals surface area contributed by atoms with E-state index in [1.807, 2.05) is 0 Å². The van der Waals surface area contributed by atoms with Gasteiger partial charge in [0.15, 0.2) is 0 Å². The largest absolute Gasteiger partial charge is 0.477 e. The maximum absolute atomic E-state index is 12.6. The van der Waals surface area contributed by atoms with Gasteiger partial charge < -0.3 is 15.2 Å². The van der Waals surface area contributed by atoms with Gasteiger partial charge in [-0.2, -0.15) is 0 Å². The zero-order valence-corrected chi connectivity index (χ0v) is 13.5. The van der Waals surface area contributed by atoms with Crippen LogP contribution in [-0.4, -0.2) is 41.7 Å². The van der Waals surface area contributed by atoms with Gasteiger partial charge in [-0.05, 0) is 26.7 Å². The summed E-state index contributed by atoms with van der Waals surface area (Å²) in [7, 11) is -3.93. The minimum atomic E-state index is -3.93. The molecule has 0 atom stereocenters. The smallest absolute Gasteiger partial charge is 0.352 e. The standard InChI is InChI=1S/C13H22N2O5S/c1-5-13(6-2,7-16)15-21(19,20)11-8(3)10(12(17)18)14-9(11)4/h14-16H,5-7H2,1-4H3,(H,17,18). The van der Waals surface area contributed by atoms with Crippen molar-refractivity contribution in [3.05, 3.63) is 17.0 Å². The van der Waals surface area contributed by atoms with E-state index in [1.165, 1.54) is 13.8 Å². The number of carbonyl (C=O) groups is 1. The van der Waals surface area contributed by atoms with E-state index in [2.05, 4.69) is 9.71 Å². The van der Waals surface area contributed by atoms with Gasteiger partial charge in [-0.1, -0.05) is 13.8 Å². The number of aromatic nitrogens is 1. The van der Waals surface area contributed by atoms with Crippen LogP contribution in [0.5, 0.6) is 0 Å². The first kappa shape index (κ1) is 17.7. The molecule has 8 heteroatoms. The molecule has 4 N–H and O–H groups in total. The van der Waals surface area contributed by atoms with Crippen LogP contribution >= 0.6 is 0 Å². The number of hydrogen-bond acceptors (Lipinski definition) is 4. The van der Waals surface area contributed by atoms with Gasteiger partial charge in [0.25, 0.3) is 0 Å². The fourth-order valence-electron chi connectivity index (χ4n) is 2.34. The van der Waals surface area contributed by atoms with Gasteiger partial charge in [0, 0.05) is 11.3 Å². The van der Waals surface area contributed by atoms with Crippen LogP contribution in [0, 0.1) is 13.8 Å². The molecule has 0 saturated heterocycles. The molecule has 1 heterocycles. The summed E-state index contributed by atoms with van der Waals surface area (Å²) in [5, 5.41) is 18.5. The van der Waals surface area contributed by atoms with E-state index < -0.39 is 21.5 Å². The topological polar surface area (TPSA) is 119 Å². The van der Waals surface area contributed by atoms with E-state index in [9.17, 15) is 18.3 Å². The third kappa shape index (κ3) is 3.28. The van der Waals surface area contributed by atoms with E-state index in [4.69, 9.17) is 5.11 Å². The van der Waals surface area contributed by atoms with Crippen molar-refractivity contribution in [2.75, 3.05) is 6.61 Å². The molecule has 0 aliphatic rings. The van der Waals surface area contributed by atoms with Gasteiger partial charge in [-0.3, -0.25) is 0 Å². The monoisotopic (exact) mass is 318 g/mol. The lowest BCUT2D eigenvalue weighted by atomic mass is 9.96. The van der Waals surface area contributed by atoms with Crippen molar-refractivity contribution >= 4 is 16.0 Å². The van der Waals surface area contributed by atoms with Crippen LogP contribution in [0.1, 0.15) is 48.4 Å². The van der Waals surface area contributed by atoms with Crippen molar-refractivity contribution in [2.24, 2.45) is 0 Å². The average molecular weight is 318 g/mol. The molecule has 0 aromatic carbocycles. The number of aliphatic hydroxyl groups excluding tert-OH is 1. The molecule has 21 heavy (non-hydrogen) atoms. The number of rotatable bonds is 7. The third-order valence-electron chi connectivity index (χ3n) is 3.86. The average Bonchev–Trinajstić information content (AvgIpc) is 2.72. The van der Waals surface area contributed by atoms with Gasteiger partial charge in [0.1, 0.15) is 10.6 Å². The molecule has 120 valence electrons. The second-order valence-corrected chi connectivity index (χ2v) is 6.75. The number of aliphatic hydroxyl groups is 1. The maximum Gasteiger partial charge on any atom is 0.352 e. The van der Waals surface area contributed by atoms with Crippen LogP contribution in [-0.2, 0) is 10.0 Å². The molecule has 0 bridgehead atoms. The van der Waals surface area contributed by atoms with Crippen LogP contribution in [0.2, 0.25) is 0 Å². The Morgan fingerprint density at radius 2 is 1.81 bits per heavy atom. The fourth-order valence-corrected chi connectivity index (χ4v) is 4.32.